The van der Waals surface area contributed by atoms with Gasteiger partial charge in [0, 0.05) is 19.1 Å². The topological polar surface area (TPSA) is 24.5 Å². The lowest BCUT2D eigenvalue weighted by Gasteiger charge is -2.36. The van der Waals surface area contributed by atoms with E-state index < -0.39 is 0 Å². The zero-order chi connectivity index (χ0) is 13.9. The highest BCUT2D eigenvalue weighted by Crippen LogP contribution is 2.29. The second-order valence-corrected chi connectivity index (χ2v) is 6.93. The molecule has 1 atom stereocenters. The number of ether oxygens (including phenoxy) is 1. The van der Waals surface area contributed by atoms with E-state index in [1.807, 2.05) is 0 Å². The van der Waals surface area contributed by atoms with Crippen molar-refractivity contribution in [3.05, 3.63) is 28.2 Å². The monoisotopic (exact) mass is 338 g/mol. The Hall–Kier alpha value is -0.580. The SMILES string of the molecule is CN1CC(Oc2ccc(CC3CCCCN3)cc2Br)C1. The minimum absolute atomic E-state index is 0.349. The molecule has 2 saturated heterocycles. The molecule has 1 aromatic carbocycles. The van der Waals surface area contributed by atoms with Gasteiger partial charge in [0.25, 0.3) is 0 Å². The van der Waals surface area contributed by atoms with E-state index in [0.29, 0.717) is 12.1 Å². The highest BCUT2D eigenvalue weighted by molar-refractivity contribution is 9.10. The number of hydrogen-bond donors (Lipinski definition) is 1. The van der Waals surface area contributed by atoms with Crippen molar-refractivity contribution in [3.63, 3.8) is 0 Å². The minimum atomic E-state index is 0.349. The van der Waals surface area contributed by atoms with Gasteiger partial charge in [0.1, 0.15) is 11.9 Å². The van der Waals surface area contributed by atoms with Gasteiger partial charge in [-0.1, -0.05) is 12.5 Å². The Morgan fingerprint density at radius 2 is 2.20 bits per heavy atom. The van der Waals surface area contributed by atoms with Crippen LogP contribution in [0, 0.1) is 0 Å². The summed E-state index contributed by atoms with van der Waals surface area (Å²) in [5.41, 5.74) is 1.38. The third-order valence-corrected chi connectivity index (χ3v) is 4.83. The molecule has 0 aliphatic carbocycles. The normalized spacial score (nSPS) is 24.4. The van der Waals surface area contributed by atoms with Crippen LogP contribution in [0.1, 0.15) is 24.8 Å². The average molecular weight is 339 g/mol. The summed E-state index contributed by atoms with van der Waals surface area (Å²) in [5, 5.41) is 3.60. The summed E-state index contributed by atoms with van der Waals surface area (Å²) in [4.78, 5) is 2.27. The lowest BCUT2D eigenvalue weighted by atomic mass is 9.98. The van der Waals surface area contributed by atoms with Crippen LogP contribution in [0.25, 0.3) is 0 Å². The summed E-state index contributed by atoms with van der Waals surface area (Å²) in [6, 6.07) is 7.18. The predicted octanol–water partition coefficient (Wildman–Crippen LogP) is 2.83. The van der Waals surface area contributed by atoms with Gasteiger partial charge in [-0.05, 0) is 66.5 Å². The summed E-state index contributed by atoms with van der Waals surface area (Å²) in [5.74, 6) is 0.975. The molecule has 20 heavy (non-hydrogen) atoms. The third-order valence-electron chi connectivity index (χ3n) is 4.22. The van der Waals surface area contributed by atoms with Crippen LogP contribution in [0.2, 0.25) is 0 Å². The maximum Gasteiger partial charge on any atom is 0.134 e. The zero-order valence-electron chi connectivity index (χ0n) is 12.1. The first kappa shape index (κ1) is 14.4. The van der Waals surface area contributed by atoms with E-state index in [1.165, 1.54) is 31.4 Å². The number of hydrogen-bond acceptors (Lipinski definition) is 3. The molecule has 110 valence electrons. The molecule has 4 heteroatoms. The molecule has 0 radical (unpaired) electrons. The van der Waals surface area contributed by atoms with Gasteiger partial charge in [-0.25, -0.2) is 0 Å². The molecule has 2 fully saturated rings. The first-order valence-electron chi connectivity index (χ1n) is 7.58. The number of nitrogens with one attached hydrogen (secondary N) is 1. The fourth-order valence-corrected chi connectivity index (χ4v) is 3.57. The molecule has 0 spiro atoms. The zero-order valence-corrected chi connectivity index (χ0v) is 13.7. The standard InChI is InChI=1S/C16H23BrN2O/c1-19-10-14(11-19)20-16-6-5-12(9-15(16)17)8-13-4-2-3-7-18-13/h5-6,9,13-14,18H,2-4,7-8,10-11H2,1H3. The number of piperidine rings is 1. The van der Waals surface area contributed by atoms with Crippen molar-refractivity contribution < 1.29 is 4.74 Å². The number of likely N-dealkylation sites (tertiary alicyclic amines) is 1. The molecule has 0 saturated carbocycles. The second kappa shape index (κ2) is 6.46. The first-order chi connectivity index (χ1) is 9.70. The molecular weight excluding hydrogens is 316 g/mol. The summed E-state index contributed by atoms with van der Waals surface area (Å²) < 4.78 is 7.08. The van der Waals surface area contributed by atoms with E-state index in [0.717, 1.165) is 29.7 Å². The Morgan fingerprint density at radius 1 is 1.35 bits per heavy atom. The van der Waals surface area contributed by atoms with Crippen LogP contribution in [0.4, 0.5) is 0 Å². The lowest BCUT2D eigenvalue weighted by Crippen LogP contribution is -2.51. The summed E-state index contributed by atoms with van der Waals surface area (Å²) in [7, 11) is 2.12. The highest BCUT2D eigenvalue weighted by atomic mass is 79.9. The van der Waals surface area contributed by atoms with Crippen LogP contribution in [0.15, 0.2) is 22.7 Å². The van der Waals surface area contributed by atoms with E-state index in [-0.39, 0.29) is 0 Å². The molecule has 0 aromatic heterocycles. The van der Waals surface area contributed by atoms with Gasteiger partial charge in [0.15, 0.2) is 0 Å². The summed E-state index contributed by atoms with van der Waals surface area (Å²) in [6.07, 6.45) is 5.44. The number of benzene rings is 1. The van der Waals surface area contributed by atoms with Gasteiger partial charge in [0.2, 0.25) is 0 Å². The molecule has 2 heterocycles. The van der Waals surface area contributed by atoms with E-state index in [2.05, 4.69) is 51.4 Å². The van der Waals surface area contributed by atoms with Crippen LogP contribution in [0.5, 0.6) is 5.75 Å². The maximum absolute atomic E-state index is 5.99. The van der Waals surface area contributed by atoms with Crippen LogP contribution in [-0.2, 0) is 6.42 Å². The van der Waals surface area contributed by atoms with Gasteiger partial charge < -0.3 is 10.1 Å². The smallest absolute Gasteiger partial charge is 0.134 e. The molecule has 1 aromatic rings. The Labute approximate surface area is 129 Å². The van der Waals surface area contributed by atoms with Crippen molar-refractivity contribution in [3.8, 4) is 5.75 Å². The van der Waals surface area contributed by atoms with Crippen molar-refractivity contribution in [2.75, 3.05) is 26.7 Å². The van der Waals surface area contributed by atoms with Crippen LogP contribution >= 0.6 is 15.9 Å². The number of likely N-dealkylation sites (N-methyl/N-ethyl adjacent to an activating group) is 1. The van der Waals surface area contributed by atoms with Crippen LogP contribution < -0.4 is 10.1 Å². The second-order valence-electron chi connectivity index (χ2n) is 6.08. The number of rotatable bonds is 4. The molecular formula is C16H23BrN2O. The number of nitrogens with zero attached hydrogens (tertiary/aromatic N) is 1. The van der Waals surface area contributed by atoms with E-state index in [1.54, 1.807) is 0 Å². The molecule has 3 nitrogen and oxygen atoms in total. The molecule has 1 N–H and O–H groups in total. The first-order valence-corrected chi connectivity index (χ1v) is 8.37. The van der Waals surface area contributed by atoms with Crippen molar-refractivity contribution in [2.24, 2.45) is 0 Å². The van der Waals surface area contributed by atoms with E-state index >= 15 is 0 Å². The highest BCUT2D eigenvalue weighted by Gasteiger charge is 2.25. The van der Waals surface area contributed by atoms with Gasteiger partial charge in [-0.15, -0.1) is 0 Å². The molecule has 2 aliphatic heterocycles. The molecule has 0 amide bonds. The Morgan fingerprint density at radius 3 is 2.85 bits per heavy atom. The largest absolute Gasteiger partial charge is 0.487 e. The van der Waals surface area contributed by atoms with Gasteiger partial charge in [-0.3, -0.25) is 4.90 Å². The fourth-order valence-electron chi connectivity index (χ4n) is 3.05. The molecule has 0 bridgehead atoms. The van der Waals surface area contributed by atoms with Crippen molar-refractivity contribution in [2.45, 2.75) is 37.8 Å². The quantitative estimate of drug-likeness (QED) is 0.913. The maximum atomic E-state index is 5.99. The van der Waals surface area contributed by atoms with Crippen LogP contribution in [-0.4, -0.2) is 43.7 Å². The molecule has 3 rings (SSSR count). The predicted molar refractivity (Wildman–Crippen MR) is 85.4 cm³/mol. The van der Waals surface area contributed by atoms with Gasteiger partial charge >= 0.3 is 0 Å². The van der Waals surface area contributed by atoms with E-state index in [9.17, 15) is 0 Å². The summed E-state index contributed by atoms with van der Waals surface area (Å²) in [6.45, 7) is 3.22. The van der Waals surface area contributed by atoms with Gasteiger partial charge in [-0.2, -0.15) is 0 Å². The minimum Gasteiger partial charge on any atom is -0.487 e. The van der Waals surface area contributed by atoms with Crippen molar-refractivity contribution >= 4 is 15.9 Å². The third kappa shape index (κ3) is 3.54. The van der Waals surface area contributed by atoms with Gasteiger partial charge in [0.05, 0.1) is 4.47 Å². The Balaban J connectivity index is 1.58. The fraction of sp³-hybridized carbons (Fsp3) is 0.625. The molecule has 1 unspecified atom stereocenters. The van der Waals surface area contributed by atoms with Crippen molar-refractivity contribution in [1.82, 2.24) is 10.2 Å². The average Bonchev–Trinajstić information content (AvgIpc) is 2.41. The Bertz CT molecular complexity index is 454. The molecule has 2 aliphatic rings. The Kier molecular flexibility index (Phi) is 4.64. The van der Waals surface area contributed by atoms with Crippen LogP contribution in [0.3, 0.4) is 0 Å². The van der Waals surface area contributed by atoms with Crippen molar-refractivity contribution in [1.29, 1.82) is 0 Å². The number of halogens is 1. The lowest BCUT2D eigenvalue weighted by molar-refractivity contribution is 0.0383. The van der Waals surface area contributed by atoms with E-state index in [4.69, 9.17) is 4.74 Å². The summed E-state index contributed by atoms with van der Waals surface area (Å²) >= 11 is 3.65.